The molecule has 0 spiro atoms. The molecule has 82 valence electrons. The molecule has 0 bridgehead atoms. The highest BCUT2D eigenvalue weighted by Gasteiger charge is 2.11. The number of H-pyrrole nitrogens is 1. The fourth-order valence-electron chi connectivity index (χ4n) is 1.21. The smallest absolute Gasteiger partial charge is 0.356 e. The van der Waals surface area contributed by atoms with Gasteiger partial charge in [0, 0.05) is 18.0 Å². The Balaban J connectivity index is 2.23. The van der Waals surface area contributed by atoms with Crippen LogP contribution in [0.3, 0.4) is 0 Å². The number of hydrogen-bond acceptors (Lipinski definition) is 5. The Labute approximate surface area is 91.7 Å². The number of nitrogens with zero attached hydrogens (tertiary/aromatic N) is 3. The van der Waals surface area contributed by atoms with Crippen LogP contribution in [0.15, 0.2) is 24.8 Å². The van der Waals surface area contributed by atoms with Crippen molar-refractivity contribution < 1.29 is 9.53 Å². The van der Waals surface area contributed by atoms with E-state index in [-0.39, 0.29) is 0 Å². The van der Waals surface area contributed by atoms with Crippen LogP contribution in [0.5, 0.6) is 0 Å². The lowest BCUT2D eigenvalue weighted by Crippen LogP contribution is -2.04. The standard InChI is InChI=1S/C10H10N4O2/c1-2-16-10(15)9-3-8(13-14-9)7-4-11-6-12-5-7/h3-6H,2H2,1H3,(H,13,14). The number of esters is 1. The highest BCUT2D eigenvalue weighted by molar-refractivity contribution is 5.88. The van der Waals surface area contributed by atoms with Crippen LogP contribution in [0.25, 0.3) is 11.3 Å². The summed E-state index contributed by atoms with van der Waals surface area (Å²) in [6.45, 7) is 2.09. The quantitative estimate of drug-likeness (QED) is 0.778. The van der Waals surface area contributed by atoms with E-state index >= 15 is 0 Å². The molecular weight excluding hydrogens is 208 g/mol. The first-order chi connectivity index (χ1) is 7.81. The Morgan fingerprint density at radius 3 is 2.88 bits per heavy atom. The van der Waals surface area contributed by atoms with Gasteiger partial charge < -0.3 is 4.74 Å². The Kier molecular flexibility index (Phi) is 2.90. The maximum absolute atomic E-state index is 11.4. The summed E-state index contributed by atoms with van der Waals surface area (Å²) in [7, 11) is 0. The number of aromatic amines is 1. The van der Waals surface area contributed by atoms with E-state index in [1.54, 1.807) is 25.4 Å². The van der Waals surface area contributed by atoms with Crippen LogP contribution in [0, 0.1) is 0 Å². The van der Waals surface area contributed by atoms with Gasteiger partial charge in [-0.05, 0) is 13.0 Å². The first-order valence-electron chi connectivity index (χ1n) is 4.79. The van der Waals surface area contributed by atoms with Gasteiger partial charge in [0.2, 0.25) is 0 Å². The minimum Gasteiger partial charge on any atom is -0.461 e. The zero-order valence-electron chi connectivity index (χ0n) is 8.67. The van der Waals surface area contributed by atoms with Gasteiger partial charge in [0.1, 0.15) is 12.0 Å². The predicted molar refractivity (Wildman–Crippen MR) is 55.6 cm³/mol. The van der Waals surface area contributed by atoms with Crippen molar-refractivity contribution in [2.24, 2.45) is 0 Å². The molecule has 2 heterocycles. The van der Waals surface area contributed by atoms with Gasteiger partial charge in [0.15, 0.2) is 0 Å². The summed E-state index contributed by atoms with van der Waals surface area (Å²) in [6, 6.07) is 1.61. The Bertz CT molecular complexity index is 481. The predicted octanol–water partition coefficient (Wildman–Crippen LogP) is 1.04. The number of hydrogen-bond donors (Lipinski definition) is 1. The molecule has 0 unspecified atom stereocenters. The zero-order chi connectivity index (χ0) is 11.4. The van der Waals surface area contributed by atoms with E-state index in [9.17, 15) is 4.79 Å². The second kappa shape index (κ2) is 4.52. The molecule has 0 fully saturated rings. The van der Waals surface area contributed by atoms with Gasteiger partial charge >= 0.3 is 5.97 Å². The monoisotopic (exact) mass is 218 g/mol. The highest BCUT2D eigenvalue weighted by atomic mass is 16.5. The zero-order valence-corrected chi connectivity index (χ0v) is 8.67. The van der Waals surface area contributed by atoms with Crippen molar-refractivity contribution >= 4 is 5.97 Å². The second-order valence-corrected chi connectivity index (χ2v) is 3.01. The van der Waals surface area contributed by atoms with Crippen LogP contribution >= 0.6 is 0 Å². The van der Waals surface area contributed by atoms with Crippen molar-refractivity contribution in [2.75, 3.05) is 6.61 Å². The van der Waals surface area contributed by atoms with Gasteiger partial charge in [-0.25, -0.2) is 14.8 Å². The van der Waals surface area contributed by atoms with E-state index in [0.29, 0.717) is 18.0 Å². The van der Waals surface area contributed by atoms with Crippen molar-refractivity contribution in [2.45, 2.75) is 6.92 Å². The third kappa shape index (κ3) is 2.05. The molecule has 0 aliphatic rings. The molecule has 0 aromatic carbocycles. The van der Waals surface area contributed by atoms with Crippen LogP contribution in [0.2, 0.25) is 0 Å². The number of rotatable bonds is 3. The second-order valence-electron chi connectivity index (χ2n) is 3.01. The molecule has 2 aromatic heterocycles. The van der Waals surface area contributed by atoms with Crippen LogP contribution < -0.4 is 0 Å². The first kappa shape index (κ1) is 10.3. The molecule has 0 aliphatic carbocycles. The van der Waals surface area contributed by atoms with Crippen LogP contribution in [0.4, 0.5) is 0 Å². The molecule has 2 aromatic rings. The van der Waals surface area contributed by atoms with Crippen molar-refractivity contribution in [1.82, 2.24) is 20.2 Å². The van der Waals surface area contributed by atoms with Gasteiger partial charge in [0.05, 0.1) is 12.3 Å². The lowest BCUT2D eigenvalue weighted by Gasteiger charge is -1.96. The van der Waals surface area contributed by atoms with Gasteiger partial charge in [-0.2, -0.15) is 5.10 Å². The molecule has 1 N–H and O–H groups in total. The van der Waals surface area contributed by atoms with E-state index in [1.807, 2.05) is 0 Å². The Hall–Kier alpha value is -2.24. The molecule has 0 amide bonds. The third-order valence-corrected chi connectivity index (χ3v) is 1.93. The summed E-state index contributed by atoms with van der Waals surface area (Å²) in [5.41, 5.74) is 1.68. The molecule has 0 saturated heterocycles. The SMILES string of the molecule is CCOC(=O)c1cc(-c2cncnc2)n[nH]1. The summed E-state index contributed by atoms with van der Waals surface area (Å²) in [5, 5.41) is 6.59. The molecule has 0 saturated carbocycles. The first-order valence-corrected chi connectivity index (χ1v) is 4.79. The Morgan fingerprint density at radius 2 is 2.19 bits per heavy atom. The summed E-state index contributed by atoms with van der Waals surface area (Å²) >= 11 is 0. The molecule has 0 aliphatic heterocycles. The molecule has 16 heavy (non-hydrogen) atoms. The van der Waals surface area contributed by atoms with E-state index < -0.39 is 5.97 Å². The Morgan fingerprint density at radius 1 is 1.44 bits per heavy atom. The average molecular weight is 218 g/mol. The van der Waals surface area contributed by atoms with E-state index in [4.69, 9.17) is 4.74 Å². The van der Waals surface area contributed by atoms with Gasteiger partial charge in [-0.1, -0.05) is 0 Å². The molecular formula is C10H10N4O2. The van der Waals surface area contributed by atoms with Gasteiger partial charge in [-0.15, -0.1) is 0 Å². The van der Waals surface area contributed by atoms with E-state index in [0.717, 1.165) is 5.56 Å². The largest absolute Gasteiger partial charge is 0.461 e. The summed E-state index contributed by atoms with van der Waals surface area (Å²) < 4.78 is 4.84. The maximum atomic E-state index is 11.4. The summed E-state index contributed by atoms with van der Waals surface area (Å²) in [6.07, 6.45) is 4.68. The molecule has 2 rings (SSSR count). The van der Waals surface area contributed by atoms with Gasteiger partial charge in [-0.3, -0.25) is 5.10 Å². The summed E-state index contributed by atoms with van der Waals surface area (Å²) in [4.78, 5) is 19.1. The van der Waals surface area contributed by atoms with Crippen molar-refractivity contribution in [3.8, 4) is 11.3 Å². The highest BCUT2D eigenvalue weighted by Crippen LogP contribution is 2.15. The van der Waals surface area contributed by atoms with Crippen LogP contribution in [-0.4, -0.2) is 32.7 Å². The third-order valence-electron chi connectivity index (χ3n) is 1.93. The van der Waals surface area contributed by atoms with E-state index in [2.05, 4.69) is 20.2 Å². The lowest BCUT2D eigenvalue weighted by atomic mass is 10.2. The number of carbonyl (C=O) groups excluding carboxylic acids is 1. The molecule has 0 atom stereocenters. The maximum Gasteiger partial charge on any atom is 0.356 e. The minimum absolute atomic E-state index is 0.320. The minimum atomic E-state index is -0.418. The number of nitrogens with one attached hydrogen (secondary N) is 1. The average Bonchev–Trinajstić information content (AvgIpc) is 2.80. The van der Waals surface area contributed by atoms with Gasteiger partial charge in [0.25, 0.3) is 0 Å². The molecule has 6 nitrogen and oxygen atoms in total. The van der Waals surface area contributed by atoms with Crippen molar-refractivity contribution in [3.63, 3.8) is 0 Å². The number of carbonyl (C=O) groups is 1. The molecule has 0 radical (unpaired) electrons. The topological polar surface area (TPSA) is 80.8 Å². The molecule has 6 heteroatoms. The fourth-order valence-corrected chi connectivity index (χ4v) is 1.21. The number of aromatic nitrogens is 4. The van der Waals surface area contributed by atoms with E-state index in [1.165, 1.54) is 6.33 Å². The van der Waals surface area contributed by atoms with Crippen molar-refractivity contribution in [3.05, 3.63) is 30.5 Å². The summed E-state index contributed by atoms with van der Waals surface area (Å²) in [5.74, 6) is -0.418. The van der Waals surface area contributed by atoms with Crippen LogP contribution in [-0.2, 0) is 4.74 Å². The fraction of sp³-hybridized carbons (Fsp3) is 0.200. The van der Waals surface area contributed by atoms with Crippen molar-refractivity contribution in [1.29, 1.82) is 0 Å². The number of ether oxygens (including phenoxy) is 1. The van der Waals surface area contributed by atoms with Crippen LogP contribution in [0.1, 0.15) is 17.4 Å². The normalized spacial score (nSPS) is 10.1. The lowest BCUT2D eigenvalue weighted by molar-refractivity contribution is 0.0519.